The minimum absolute atomic E-state index is 0.495. The molecule has 0 radical (unpaired) electrons. The van der Waals surface area contributed by atoms with Gasteiger partial charge in [-0.15, -0.1) is 0 Å². The standard InChI is InChI=1S/C17H18BrNO/c1-13-8-9-16(10-17(13)11-18)14(2)19-20-12-15-6-4-3-5-7-15/h3-10H,11-12H2,1-2H3/b19-14+. The number of halogens is 1. The van der Waals surface area contributed by atoms with E-state index in [9.17, 15) is 0 Å². The molecule has 0 fully saturated rings. The lowest BCUT2D eigenvalue weighted by Gasteiger charge is -2.06. The average Bonchev–Trinajstić information content (AvgIpc) is 2.48. The second kappa shape index (κ2) is 7.25. The van der Waals surface area contributed by atoms with Crippen molar-refractivity contribution in [2.45, 2.75) is 25.8 Å². The molecule has 2 nitrogen and oxygen atoms in total. The van der Waals surface area contributed by atoms with Gasteiger partial charge in [-0.25, -0.2) is 0 Å². The van der Waals surface area contributed by atoms with Crippen molar-refractivity contribution in [1.29, 1.82) is 0 Å². The Bertz CT molecular complexity index is 593. The van der Waals surface area contributed by atoms with Crippen molar-refractivity contribution >= 4 is 21.6 Å². The van der Waals surface area contributed by atoms with Crippen molar-refractivity contribution in [2.75, 3.05) is 0 Å². The largest absolute Gasteiger partial charge is 0.391 e. The van der Waals surface area contributed by atoms with Crippen LogP contribution in [0.1, 0.15) is 29.2 Å². The first-order valence-corrected chi connectivity index (χ1v) is 7.69. The fraction of sp³-hybridized carbons (Fsp3) is 0.235. The predicted molar refractivity (Wildman–Crippen MR) is 87.3 cm³/mol. The van der Waals surface area contributed by atoms with E-state index in [0.717, 1.165) is 22.2 Å². The summed E-state index contributed by atoms with van der Waals surface area (Å²) < 4.78 is 0. The van der Waals surface area contributed by atoms with Crippen molar-refractivity contribution in [3.63, 3.8) is 0 Å². The molecule has 0 aliphatic rings. The van der Waals surface area contributed by atoms with Crippen LogP contribution in [0.25, 0.3) is 0 Å². The van der Waals surface area contributed by atoms with E-state index in [4.69, 9.17) is 4.84 Å². The van der Waals surface area contributed by atoms with E-state index in [2.05, 4.69) is 46.2 Å². The lowest BCUT2D eigenvalue weighted by molar-refractivity contribution is 0.130. The minimum Gasteiger partial charge on any atom is -0.391 e. The van der Waals surface area contributed by atoms with Crippen LogP contribution in [-0.4, -0.2) is 5.71 Å². The van der Waals surface area contributed by atoms with Gasteiger partial charge in [0.15, 0.2) is 0 Å². The molecule has 0 unspecified atom stereocenters. The number of hydrogen-bond acceptors (Lipinski definition) is 2. The van der Waals surface area contributed by atoms with Crippen molar-refractivity contribution < 1.29 is 4.84 Å². The first-order valence-electron chi connectivity index (χ1n) is 6.57. The third-order valence-corrected chi connectivity index (χ3v) is 3.79. The average molecular weight is 332 g/mol. The molecule has 0 N–H and O–H groups in total. The quantitative estimate of drug-likeness (QED) is 0.436. The van der Waals surface area contributed by atoms with Crippen LogP contribution < -0.4 is 0 Å². The Kier molecular flexibility index (Phi) is 5.36. The topological polar surface area (TPSA) is 21.6 Å². The Balaban J connectivity index is 2.03. The fourth-order valence-corrected chi connectivity index (χ4v) is 2.48. The highest BCUT2D eigenvalue weighted by Gasteiger charge is 2.02. The zero-order valence-corrected chi connectivity index (χ0v) is 13.4. The SMILES string of the molecule is C/C(=N\OCc1ccccc1)c1ccc(C)c(CBr)c1. The smallest absolute Gasteiger partial charge is 0.142 e. The number of rotatable bonds is 5. The summed E-state index contributed by atoms with van der Waals surface area (Å²) in [5, 5.41) is 5.05. The first-order chi connectivity index (χ1) is 9.70. The van der Waals surface area contributed by atoms with E-state index in [1.807, 2.05) is 37.3 Å². The van der Waals surface area contributed by atoms with Gasteiger partial charge in [0, 0.05) is 5.33 Å². The molecule has 0 heterocycles. The van der Waals surface area contributed by atoms with Gasteiger partial charge in [0.25, 0.3) is 0 Å². The number of oxime groups is 1. The molecular weight excluding hydrogens is 314 g/mol. The monoisotopic (exact) mass is 331 g/mol. The van der Waals surface area contributed by atoms with Gasteiger partial charge in [-0.3, -0.25) is 0 Å². The minimum atomic E-state index is 0.495. The summed E-state index contributed by atoms with van der Waals surface area (Å²) in [6.45, 7) is 4.57. The third kappa shape index (κ3) is 3.94. The van der Waals surface area contributed by atoms with Crippen molar-refractivity contribution in [3.05, 3.63) is 70.8 Å². The highest BCUT2D eigenvalue weighted by molar-refractivity contribution is 9.08. The number of aryl methyl sites for hydroxylation is 1. The van der Waals surface area contributed by atoms with E-state index in [1.165, 1.54) is 11.1 Å². The van der Waals surface area contributed by atoms with Crippen LogP contribution in [0.4, 0.5) is 0 Å². The molecule has 2 aromatic rings. The predicted octanol–water partition coefficient (Wildman–Crippen LogP) is 4.83. The molecule has 0 spiro atoms. The van der Waals surface area contributed by atoms with E-state index in [-0.39, 0.29) is 0 Å². The molecule has 0 amide bonds. The van der Waals surface area contributed by atoms with Gasteiger partial charge in [0.1, 0.15) is 6.61 Å². The third-order valence-electron chi connectivity index (χ3n) is 3.19. The Hall–Kier alpha value is -1.61. The zero-order valence-electron chi connectivity index (χ0n) is 11.8. The number of alkyl halides is 1. The maximum atomic E-state index is 5.42. The van der Waals surface area contributed by atoms with Gasteiger partial charge < -0.3 is 4.84 Å². The number of benzene rings is 2. The Morgan fingerprint density at radius 1 is 1.15 bits per heavy atom. The van der Waals surface area contributed by atoms with E-state index < -0.39 is 0 Å². The summed E-state index contributed by atoms with van der Waals surface area (Å²) in [7, 11) is 0. The molecule has 0 aliphatic heterocycles. The molecule has 0 saturated carbocycles. The molecule has 0 bridgehead atoms. The molecule has 0 atom stereocenters. The van der Waals surface area contributed by atoms with Crippen LogP contribution in [0.15, 0.2) is 53.7 Å². The molecule has 3 heteroatoms. The van der Waals surface area contributed by atoms with Crippen LogP contribution in [0, 0.1) is 6.92 Å². The molecule has 2 rings (SSSR count). The number of hydrogen-bond donors (Lipinski definition) is 0. The summed E-state index contributed by atoms with van der Waals surface area (Å²) in [6, 6.07) is 16.4. The second-order valence-corrected chi connectivity index (χ2v) is 5.27. The normalized spacial score (nSPS) is 11.4. The van der Waals surface area contributed by atoms with E-state index in [1.54, 1.807) is 0 Å². The highest BCUT2D eigenvalue weighted by atomic mass is 79.9. The Morgan fingerprint density at radius 3 is 2.60 bits per heavy atom. The van der Waals surface area contributed by atoms with Crippen LogP contribution in [0.2, 0.25) is 0 Å². The van der Waals surface area contributed by atoms with Gasteiger partial charge in [0.2, 0.25) is 0 Å². The van der Waals surface area contributed by atoms with Crippen LogP contribution in [0.3, 0.4) is 0 Å². The summed E-state index contributed by atoms with van der Waals surface area (Å²) in [6.07, 6.45) is 0. The lowest BCUT2D eigenvalue weighted by atomic mass is 10.0. The van der Waals surface area contributed by atoms with Crippen molar-refractivity contribution in [1.82, 2.24) is 0 Å². The van der Waals surface area contributed by atoms with Crippen LogP contribution in [0.5, 0.6) is 0 Å². The Morgan fingerprint density at radius 2 is 1.90 bits per heavy atom. The summed E-state index contributed by atoms with van der Waals surface area (Å²) in [5.74, 6) is 0. The van der Waals surface area contributed by atoms with Crippen LogP contribution in [-0.2, 0) is 16.8 Å². The molecule has 104 valence electrons. The van der Waals surface area contributed by atoms with E-state index in [0.29, 0.717) is 6.61 Å². The van der Waals surface area contributed by atoms with Gasteiger partial charge in [0.05, 0.1) is 5.71 Å². The molecule has 2 aromatic carbocycles. The summed E-state index contributed by atoms with van der Waals surface area (Å²) in [5.41, 5.74) is 5.67. The number of nitrogens with zero attached hydrogens (tertiary/aromatic N) is 1. The summed E-state index contributed by atoms with van der Waals surface area (Å²) >= 11 is 3.50. The van der Waals surface area contributed by atoms with Gasteiger partial charge in [-0.05, 0) is 42.2 Å². The first kappa shape index (κ1) is 14.8. The zero-order chi connectivity index (χ0) is 14.4. The lowest BCUT2D eigenvalue weighted by Crippen LogP contribution is -1.99. The molecule has 0 saturated heterocycles. The van der Waals surface area contributed by atoms with Crippen molar-refractivity contribution in [2.24, 2.45) is 5.16 Å². The van der Waals surface area contributed by atoms with E-state index >= 15 is 0 Å². The maximum Gasteiger partial charge on any atom is 0.142 e. The second-order valence-electron chi connectivity index (χ2n) is 4.71. The van der Waals surface area contributed by atoms with Gasteiger partial charge >= 0.3 is 0 Å². The molecule has 20 heavy (non-hydrogen) atoms. The maximum absolute atomic E-state index is 5.42. The van der Waals surface area contributed by atoms with Crippen LogP contribution >= 0.6 is 15.9 Å². The molecule has 0 aliphatic carbocycles. The highest BCUT2D eigenvalue weighted by Crippen LogP contribution is 2.15. The fourth-order valence-electron chi connectivity index (χ4n) is 1.87. The molecule has 0 aromatic heterocycles. The van der Waals surface area contributed by atoms with Gasteiger partial charge in [-0.2, -0.15) is 0 Å². The van der Waals surface area contributed by atoms with Gasteiger partial charge in [-0.1, -0.05) is 63.6 Å². The summed E-state index contributed by atoms with van der Waals surface area (Å²) in [4.78, 5) is 5.42. The molecular formula is C17H18BrNO. The van der Waals surface area contributed by atoms with Crippen molar-refractivity contribution in [3.8, 4) is 0 Å². The Labute approximate surface area is 128 Å².